The Labute approximate surface area is 136 Å². The smallest absolute Gasteiger partial charge is 0.137 e. The van der Waals surface area contributed by atoms with Gasteiger partial charge in [0.2, 0.25) is 0 Å². The van der Waals surface area contributed by atoms with Gasteiger partial charge >= 0.3 is 0 Å². The minimum Gasteiger partial charge on any atom is -0.495 e. The first-order valence-electron chi connectivity index (χ1n) is 6.96. The molecule has 0 saturated carbocycles. The van der Waals surface area contributed by atoms with E-state index in [0.717, 1.165) is 29.1 Å². The number of ether oxygens (including phenoxy) is 1. The lowest BCUT2D eigenvalue weighted by Crippen LogP contribution is -2.23. The summed E-state index contributed by atoms with van der Waals surface area (Å²) in [7, 11) is 1.62. The van der Waals surface area contributed by atoms with Crippen molar-refractivity contribution in [1.29, 1.82) is 0 Å². The van der Waals surface area contributed by atoms with Gasteiger partial charge in [-0.1, -0.05) is 54.4 Å². The van der Waals surface area contributed by atoms with Crippen LogP contribution >= 0.6 is 23.2 Å². The minimum absolute atomic E-state index is 0.165. The summed E-state index contributed by atoms with van der Waals surface area (Å²) in [6.45, 7) is 2.96. The highest BCUT2D eigenvalue weighted by Crippen LogP contribution is 2.30. The van der Waals surface area contributed by atoms with Crippen molar-refractivity contribution in [2.45, 2.75) is 19.4 Å². The number of likely N-dealkylation sites (N-methyl/N-ethyl adjacent to an activating group) is 1. The van der Waals surface area contributed by atoms with Crippen molar-refractivity contribution in [3.63, 3.8) is 0 Å². The predicted octanol–water partition coefficient (Wildman–Crippen LogP) is 4.90. The quantitative estimate of drug-likeness (QED) is 0.816. The lowest BCUT2D eigenvalue weighted by atomic mass is 9.98. The van der Waals surface area contributed by atoms with Crippen LogP contribution in [0, 0.1) is 0 Å². The molecule has 0 saturated heterocycles. The van der Waals surface area contributed by atoms with Gasteiger partial charge in [0, 0.05) is 11.1 Å². The fraction of sp³-hybridized carbons (Fsp3) is 0.294. The van der Waals surface area contributed by atoms with Gasteiger partial charge in [-0.2, -0.15) is 0 Å². The largest absolute Gasteiger partial charge is 0.495 e. The van der Waals surface area contributed by atoms with E-state index in [1.165, 1.54) is 0 Å². The Balaban J connectivity index is 2.26. The summed E-state index contributed by atoms with van der Waals surface area (Å²) in [5.74, 6) is 0.688. The summed E-state index contributed by atoms with van der Waals surface area (Å²) < 4.78 is 5.20. The molecule has 0 amide bonds. The molecule has 2 rings (SSSR count). The standard InChI is InChI=1S/C17H19Cl2NO/c1-3-20-16(11-12-6-4-5-7-14(12)18)13-8-9-17(21-2)15(19)10-13/h4-10,16,20H,3,11H2,1-2H3. The molecule has 0 aliphatic carbocycles. The molecule has 0 fully saturated rings. The first kappa shape index (κ1) is 16.2. The van der Waals surface area contributed by atoms with Crippen molar-refractivity contribution in [3.05, 3.63) is 63.6 Å². The highest BCUT2D eigenvalue weighted by molar-refractivity contribution is 6.32. The van der Waals surface area contributed by atoms with Crippen LogP contribution in [-0.4, -0.2) is 13.7 Å². The van der Waals surface area contributed by atoms with Crippen molar-refractivity contribution in [2.24, 2.45) is 0 Å². The van der Waals surface area contributed by atoms with Gasteiger partial charge in [0.15, 0.2) is 0 Å². The first-order valence-corrected chi connectivity index (χ1v) is 7.71. The predicted molar refractivity (Wildman–Crippen MR) is 89.6 cm³/mol. The van der Waals surface area contributed by atoms with Crippen molar-refractivity contribution in [1.82, 2.24) is 5.32 Å². The Morgan fingerprint density at radius 1 is 1.10 bits per heavy atom. The number of rotatable bonds is 6. The average molecular weight is 324 g/mol. The van der Waals surface area contributed by atoms with E-state index in [-0.39, 0.29) is 6.04 Å². The lowest BCUT2D eigenvalue weighted by Gasteiger charge is -2.20. The van der Waals surface area contributed by atoms with E-state index in [1.54, 1.807) is 7.11 Å². The second-order valence-electron chi connectivity index (χ2n) is 4.80. The summed E-state index contributed by atoms with van der Waals surface area (Å²) in [6.07, 6.45) is 0.816. The third-order valence-corrected chi connectivity index (χ3v) is 4.07. The van der Waals surface area contributed by atoms with Crippen LogP contribution in [0.1, 0.15) is 24.1 Å². The van der Waals surface area contributed by atoms with E-state index in [4.69, 9.17) is 27.9 Å². The van der Waals surface area contributed by atoms with Crippen molar-refractivity contribution in [3.8, 4) is 5.75 Å². The fourth-order valence-electron chi connectivity index (χ4n) is 2.34. The summed E-state index contributed by atoms with van der Waals surface area (Å²) in [4.78, 5) is 0. The highest BCUT2D eigenvalue weighted by atomic mass is 35.5. The molecule has 0 aliphatic heterocycles. The number of methoxy groups -OCH3 is 1. The fourth-order valence-corrected chi connectivity index (χ4v) is 2.82. The van der Waals surface area contributed by atoms with Gasteiger partial charge < -0.3 is 10.1 Å². The summed E-state index contributed by atoms with van der Waals surface area (Å²) in [5.41, 5.74) is 2.25. The Morgan fingerprint density at radius 2 is 1.86 bits per heavy atom. The maximum absolute atomic E-state index is 6.26. The molecule has 0 aliphatic rings. The van der Waals surface area contributed by atoms with Crippen LogP contribution in [0.15, 0.2) is 42.5 Å². The zero-order chi connectivity index (χ0) is 15.2. The van der Waals surface area contributed by atoms with Crippen LogP contribution in [0.2, 0.25) is 10.0 Å². The molecule has 21 heavy (non-hydrogen) atoms. The highest BCUT2D eigenvalue weighted by Gasteiger charge is 2.14. The van der Waals surface area contributed by atoms with Crippen LogP contribution in [-0.2, 0) is 6.42 Å². The molecule has 112 valence electrons. The minimum atomic E-state index is 0.165. The van der Waals surface area contributed by atoms with Gasteiger partial charge in [-0.25, -0.2) is 0 Å². The third kappa shape index (κ3) is 4.13. The van der Waals surface area contributed by atoms with Gasteiger partial charge in [-0.05, 0) is 42.3 Å². The SMILES string of the molecule is CCNC(Cc1ccccc1Cl)c1ccc(OC)c(Cl)c1. The number of hydrogen-bond donors (Lipinski definition) is 1. The van der Waals surface area contributed by atoms with E-state index < -0.39 is 0 Å². The number of benzene rings is 2. The summed E-state index contributed by atoms with van der Waals surface area (Å²) in [5, 5.41) is 4.90. The Bertz CT molecular complexity index is 601. The molecule has 0 aromatic heterocycles. The van der Waals surface area contributed by atoms with Crippen LogP contribution < -0.4 is 10.1 Å². The third-order valence-electron chi connectivity index (χ3n) is 3.41. The van der Waals surface area contributed by atoms with E-state index in [1.807, 2.05) is 36.4 Å². The second-order valence-corrected chi connectivity index (χ2v) is 5.61. The maximum Gasteiger partial charge on any atom is 0.137 e. The Hall–Kier alpha value is -1.22. The van der Waals surface area contributed by atoms with Gasteiger partial charge in [-0.3, -0.25) is 0 Å². The molecule has 0 radical (unpaired) electrons. The van der Waals surface area contributed by atoms with Gasteiger partial charge in [0.25, 0.3) is 0 Å². The molecule has 2 nitrogen and oxygen atoms in total. The van der Waals surface area contributed by atoms with E-state index in [2.05, 4.69) is 18.3 Å². The molecule has 2 aromatic rings. The molecule has 0 heterocycles. The normalized spacial score (nSPS) is 12.2. The first-order chi connectivity index (χ1) is 10.2. The van der Waals surface area contributed by atoms with Crippen molar-refractivity contribution < 1.29 is 4.74 Å². The van der Waals surface area contributed by atoms with Gasteiger partial charge in [0.1, 0.15) is 5.75 Å². The van der Waals surface area contributed by atoms with E-state index >= 15 is 0 Å². The van der Waals surface area contributed by atoms with Crippen molar-refractivity contribution in [2.75, 3.05) is 13.7 Å². The van der Waals surface area contributed by atoms with Crippen LogP contribution in [0.5, 0.6) is 5.75 Å². The molecule has 1 atom stereocenters. The van der Waals surface area contributed by atoms with Crippen LogP contribution in [0.4, 0.5) is 0 Å². The number of nitrogens with one attached hydrogen (secondary N) is 1. The zero-order valence-corrected chi connectivity index (χ0v) is 13.7. The molecule has 4 heteroatoms. The van der Waals surface area contributed by atoms with Crippen molar-refractivity contribution >= 4 is 23.2 Å². The second kappa shape index (κ2) is 7.69. The summed E-state index contributed by atoms with van der Waals surface area (Å²) in [6, 6.07) is 14.0. The molecule has 2 aromatic carbocycles. The number of hydrogen-bond acceptors (Lipinski definition) is 2. The van der Waals surface area contributed by atoms with Gasteiger partial charge in [0.05, 0.1) is 12.1 Å². The summed E-state index contributed by atoms with van der Waals surface area (Å²) >= 11 is 12.5. The molecule has 0 spiro atoms. The average Bonchev–Trinajstić information content (AvgIpc) is 2.49. The zero-order valence-electron chi connectivity index (χ0n) is 12.2. The lowest BCUT2D eigenvalue weighted by molar-refractivity contribution is 0.414. The molecular weight excluding hydrogens is 305 g/mol. The van der Waals surface area contributed by atoms with E-state index in [9.17, 15) is 0 Å². The van der Waals surface area contributed by atoms with Crippen LogP contribution in [0.3, 0.4) is 0 Å². The van der Waals surface area contributed by atoms with Gasteiger partial charge in [-0.15, -0.1) is 0 Å². The van der Waals surface area contributed by atoms with Crippen LogP contribution in [0.25, 0.3) is 0 Å². The van der Waals surface area contributed by atoms with E-state index in [0.29, 0.717) is 10.8 Å². The topological polar surface area (TPSA) is 21.3 Å². The molecule has 1 unspecified atom stereocenters. The maximum atomic E-state index is 6.26. The molecular formula is C17H19Cl2NO. The Morgan fingerprint density at radius 3 is 2.48 bits per heavy atom. The Kier molecular flexibility index (Phi) is 5.92. The molecule has 1 N–H and O–H groups in total. The monoisotopic (exact) mass is 323 g/mol. The number of halogens is 2. The molecule has 0 bridgehead atoms.